The van der Waals surface area contributed by atoms with Gasteiger partial charge in [0, 0.05) is 5.56 Å². The van der Waals surface area contributed by atoms with Gasteiger partial charge < -0.3 is 9.84 Å². The Kier molecular flexibility index (Phi) is 3.66. The maximum Gasteiger partial charge on any atom is 0.354 e. The molecule has 1 N–H and O–H groups in total. The van der Waals surface area contributed by atoms with Crippen molar-refractivity contribution >= 4 is 5.97 Å². The minimum atomic E-state index is -1.02. The molecule has 1 heterocycles. The molecule has 0 radical (unpaired) electrons. The van der Waals surface area contributed by atoms with Crippen LogP contribution in [0.1, 0.15) is 10.5 Å². The quantitative estimate of drug-likeness (QED) is 0.836. The lowest BCUT2D eigenvalue weighted by atomic mass is 10.1. The summed E-state index contributed by atoms with van der Waals surface area (Å²) < 4.78 is 6.65. The summed E-state index contributed by atoms with van der Waals surface area (Å²) in [6.07, 6.45) is 1.60. The van der Waals surface area contributed by atoms with Gasteiger partial charge in [-0.05, 0) is 18.2 Å². The van der Waals surface area contributed by atoms with Crippen LogP contribution in [0.25, 0.3) is 11.3 Å². The van der Waals surface area contributed by atoms with E-state index in [0.717, 1.165) is 5.56 Å². The number of hydrogen-bond donors (Lipinski definition) is 1. The van der Waals surface area contributed by atoms with E-state index >= 15 is 0 Å². The number of benzene rings is 1. The Morgan fingerprint density at radius 3 is 2.89 bits per heavy atom. The summed E-state index contributed by atoms with van der Waals surface area (Å²) in [6, 6.07) is 8.88. The molecule has 1 aromatic carbocycles. The Balaban J connectivity index is 2.53. The van der Waals surface area contributed by atoms with Crippen molar-refractivity contribution in [2.24, 2.45) is 0 Å². The van der Waals surface area contributed by atoms with E-state index in [2.05, 4.69) is 11.7 Å². The number of allylic oxidation sites excluding steroid dienone is 1. The van der Waals surface area contributed by atoms with Crippen molar-refractivity contribution in [1.29, 1.82) is 0 Å². The lowest BCUT2D eigenvalue weighted by molar-refractivity contribution is 0.0684. The van der Waals surface area contributed by atoms with Crippen molar-refractivity contribution in [2.75, 3.05) is 7.11 Å². The fourth-order valence-electron chi connectivity index (χ4n) is 1.84. The predicted molar refractivity (Wildman–Crippen MR) is 71.4 cm³/mol. The molecule has 0 saturated carbocycles. The average Bonchev–Trinajstić information content (AvgIpc) is 2.83. The second-order valence-corrected chi connectivity index (χ2v) is 3.89. The van der Waals surface area contributed by atoms with Crippen molar-refractivity contribution in [3.05, 3.63) is 48.7 Å². The minimum Gasteiger partial charge on any atom is -0.496 e. The lowest BCUT2D eigenvalue weighted by Gasteiger charge is -2.04. The van der Waals surface area contributed by atoms with Crippen LogP contribution in [-0.4, -0.2) is 28.0 Å². The van der Waals surface area contributed by atoms with Gasteiger partial charge in [0.05, 0.1) is 19.3 Å². The number of ether oxygens (including phenoxy) is 1. The number of rotatable bonds is 5. The van der Waals surface area contributed by atoms with Crippen molar-refractivity contribution in [3.8, 4) is 17.0 Å². The highest BCUT2D eigenvalue weighted by molar-refractivity contribution is 5.87. The zero-order valence-corrected chi connectivity index (χ0v) is 10.5. The summed E-state index contributed by atoms with van der Waals surface area (Å²) in [5.74, 6) is -0.363. The molecule has 0 atom stereocenters. The highest BCUT2D eigenvalue weighted by Crippen LogP contribution is 2.29. The fraction of sp³-hybridized carbons (Fsp3) is 0.143. The Hall–Kier alpha value is -2.56. The molecule has 0 aliphatic heterocycles. The van der Waals surface area contributed by atoms with Crippen LogP contribution in [0.3, 0.4) is 0 Å². The van der Waals surface area contributed by atoms with Crippen LogP contribution in [0.2, 0.25) is 0 Å². The van der Waals surface area contributed by atoms with Gasteiger partial charge in [0.15, 0.2) is 0 Å². The maximum atomic E-state index is 11.2. The molecule has 98 valence electrons. The Morgan fingerprint density at radius 1 is 1.53 bits per heavy atom. The molecule has 5 nitrogen and oxygen atoms in total. The average molecular weight is 258 g/mol. The highest BCUT2D eigenvalue weighted by atomic mass is 16.5. The predicted octanol–water partition coefficient (Wildman–Crippen LogP) is 2.44. The van der Waals surface area contributed by atoms with Gasteiger partial charge in [0.1, 0.15) is 11.4 Å². The van der Waals surface area contributed by atoms with Gasteiger partial charge in [-0.15, -0.1) is 6.58 Å². The molecule has 19 heavy (non-hydrogen) atoms. The van der Waals surface area contributed by atoms with Crippen LogP contribution in [-0.2, 0) is 6.54 Å². The molecular weight excluding hydrogens is 244 g/mol. The van der Waals surface area contributed by atoms with Crippen molar-refractivity contribution < 1.29 is 14.6 Å². The largest absolute Gasteiger partial charge is 0.496 e. The van der Waals surface area contributed by atoms with E-state index in [-0.39, 0.29) is 5.69 Å². The van der Waals surface area contributed by atoms with Gasteiger partial charge in [-0.25, -0.2) is 4.79 Å². The number of para-hydroxylation sites is 1. The van der Waals surface area contributed by atoms with Crippen molar-refractivity contribution in [1.82, 2.24) is 9.78 Å². The summed E-state index contributed by atoms with van der Waals surface area (Å²) in [5.41, 5.74) is 1.45. The third-order valence-corrected chi connectivity index (χ3v) is 2.68. The van der Waals surface area contributed by atoms with E-state index in [1.807, 2.05) is 24.3 Å². The molecule has 0 amide bonds. The Labute approximate surface area is 110 Å². The molecule has 0 saturated heterocycles. The molecule has 0 aliphatic carbocycles. The van der Waals surface area contributed by atoms with Gasteiger partial charge in [0.2, 0.25) is 0 Å². The second-order valence-electron chi connectivity index (χ2n) is 3.89. The van der Waals surface area contributed by atoms with E-state index in [9.17, 15) is 4.79 Å². The van der Waals surface area contributed by atoms with Crippen LogP contribution in [0, 0.1) is 0 Å². The summed E-state index contributed by atoms with van der Waals surface area (Å²) >= 11 is 0. The monoisotopic (exact) mass is 258 g/mol. The van der Waals surface area contributed by atoms with Crippen molar-refractivity contribution in [3.63, 3.8) is 0 Å². The summed E-state index contributed by atoms with van der Waals surface area (Å²) in [4.78, 5) is 11.2. The first-order valence-corrected chi connectivity index (χ1v) is 5.72. The SMILES string of the molecule is C=CCn1nc(-c2ccccc2OC)cc1C(=O)O. The van der Waals surface area contributed by atoms with Crippen LogP contribution >= 0.6 is 0 Å². The first-order valence-electron chi connectivity index (χ1n) is 5.72. The van der Waals surface area contributed by atoms with Gasteiger partial charge >= 0.3 is 5.97 Å². The number of carboxylic acids is 1. The van der Waals surface area contributed by atoms with Crippen LogP contribution in [0.4, 0.5) is 0 Å². The first-order chi connectivity index (χ1) is 9.17. The number of aromatic nitrogens is 2. The number of methoxy groups -OCH3 is 1. The zero-order valence-electron chi connectivity index (χ0n) is 10.5. The third-order valence-electron chi connectivity index (χ3n) is 2.68. The summed E-state index contributed by atoms with van der Waals surface area (Å²) in [6.45, 7) is 3.94. The van der Waals surface area contributed by atoms with E-state index in [1.165, 1.54) is 10.7 Å². The molecule has 5 heteroatoms. The second kappa shape index (κ2) is 5.39. The molecule has 1 aromatic heterocycles. The molecule has 0 spiro atoms. The molecule has 2 rings (SSSR count). The number of hydrogen-bond acceptors (Lipinski definition) is 3. The fourth-order valence-corrected chi connectivity index (χ4v) is 1.84. The highest BCUT2D eigenvalue weighted by Gasteiger charge is 2.16. The van der Waals surface area contributed by atoms with Gasteiger partial charge in [0.25, 0.3) is 0 Å². The molecule has 0 bridgehead atoms. The lowest BCUT2D eigenvalue weighted by Crippen LogP contribution is -2.08. The number of carbonyl (C=O) groups is 1. The molecule has 0 unspecified atom stereocenters. The topological polar surface area (TPSA) is 64.4 Å². The van der Waals surface area contributed by atoms with E-state index in [4.69, 9.17) is 9.84 Å². The van der Waals surface area contributed by atoms with Crippen LogP contribution in [0.5, 0.6) is 5.75 Å². The van der Waals surface area contributed by atoms with Crippen LogP contribution < -0.4 is 4.74 Å². The molecule has 2 aromatic rings. The van der Waals surface area contributed by atoms with Gasteiger partial charge in [-0.3, -0.25) is 4.68 Å². The van der Waals surface area contributed by atoms with Crippen molar-refractivity contribution in [2.45, 2.75) is 6.54 Å². The molecule has 0 aliphatic rings. The maximum absolute atomic E-state index is 11.2. The van der Waals surface area contributed by atoms with E-state index in [0.29, 0.717) is 18.0 Å². The normalized spacial score (nSPS) is 10.2. The standard InChI is InChI=1S/C14H14N2O3/c1-3-8-16-12(14(17)18)9-11(15-16)10-6-4-5-7-13(10)19-2/h3-7,9H,1,8H2,2H3,(H,17,18). The first kappa shape index (κ1) is 12.9. The number of carboxylic acid groups (broad SMARTS) is 1. The summed E-state index contributed by atoms with van der Waals surface area (Å²) in [5, 5.41) is 13.4. The number of nitrogens with zero attached hydrogens (tertiary/aromatic N) is 2. The van der Waals surface area contributed by atoms with Gasteiger partial charge in [-0.1, -0.05) is 18.2 Å². The smallest absolute Gasteiger partial charge is 0.354 e. The Morgan fingerprint density at radius 2 is 2.26 bits per heavy atom. The number of aromatic carboxylic acids is 1. The molecular formula is C14H14N2O3. The minimum absolute atomic E-state index is 0.126. The Bertz CT molecular complexity index is 617. The van der Waals surface area contributed by atoms with E-state index < -0.39 is 5.97 Å². The van der Waals surface area contributed by atoms with E-state index in [1.54, 1.807) is 13.2 Å². The molecule has 0 fully saturated rings. The van der Waals surface area contributed by atoms with Crippen LogP contribution in [0.15, 0.2) is 43.0 Å². The third kappa shape index (κ3) is 2.49. The zero-order chi connectivity index (χ0) is 13.8. The van der Waals surface area contributed by atoms with Gasteiger partial charge in [-0.2, -0.15) is 5.10 Å². The summed E-state index contributed by atoms with van der Waals surface area (Å²) in [7, 11) is 1.57.